The minimum Gasteiger partial charge on any atom is -0.480 e. The molecule has 3 unspecified atom stereocenters. The van der Waals surface area contributed by atoms with Crippen molar-refractivity contribution >= 4 is 23.6 Å². The van der Waals surface area contributed by atoms with Gasteiger partial charge in [-0.1, -0.05) is 26.2 Å². The number of likely N-dealkylation sites (tertiary alicyclic amines) is 1. The highest BCUT2D eigenvalue weighted by Gasteiger charge is 2.47. The van der Waals surface area contributed by atoms with Crippen molar-refractivity contribution in [3.05, 3.63) is 0 Å². The summed E-state index contributed by atoms with van der Waals surface area (Å²) in [6, 6.07) is -0.390. The Bertz CT molecular complexity index is 375. The molecule has 4 nitrogen and oxygen atoms in total. The lowest BCUT2D eigenvalue weighted by molar-refractivity contribution is -0.149. The zero-order chi connectivity index (χ0) is 15.2. The minimum atomic E-state index is -0.823. The smallest absolute Gasteiger partial charge is 0.326 e. The van der Waals surface area contributed by atoms with Gasteiger partial charge in [0.1, 0.15) is 6.04 Å². The number of carbonyl (C=O) groups is 2. The Morgan fingerprint density at radius 2 is 2.00 bits per heavy atom. The molecule has 1 aliphatic heterocycles. The second kappa shape index (κ2) is 8.06. The van der Waals surface area contributed by atoms with Gasteiger partial charge in [-0.2, -0.15) is 11.8 Å². The standard InChI is InChI=1S/C16H27NO3S/c1-2-3-9-21-10-8-15(18)17-13-7-5-4-6-12(13)11-14(17)16(19)20/h12-14H,2-11H2,1H3,(H,19,20). The van der Waals surface area contributed by atoms with E-state index >= 15 is 0 Å². The van der Waals surface area contributed by atoms with Crippen molar-refractivity contribution < 1.29 is 14.7 Å². The topological polar surface area (TPSA) is 57.6 Å². The number of carbonyl (C=O) groups excluding carboxylic acids is 1. The monoisotopic (exact) mass is 313 g/mol. The average molecular weight is 313 g/mol. The van der Waals surface area contributed by atoms with Crippen LogP contribution >= 0.6 is 11.8 Å². The summed E-state index contributed by atoms with van der Waals surface area (Å²) in [5, 5.41) is 9.42. The van der Waals surface area contributed by atoms with Crippen LogP contribution in [0.4, 0.5) is 0 Å². The highest BCUT2D eigenvalue weighted by molar-refractivity contribution is 7.99. The van der Waals surface area contributed by atoms with E-state index in [9.17, 15) is 14.7 Å². The molecular weight excluding hydrogens is 286 g/mol. The zero-order valence-electron chi connectivity index (χ0n) is 12.9. The van der Waals surface area contributed by atoms with E-state index in [0.29, 0.717) is 18.8 Å². The Morgan fingerprint density at radius 1 is 1.24 bits per heavy atom. The zero-order valence-corrected chi connectivity index (χ0v) is 13.7. The number of hydrogen-bond donors (Lipinski definition) is 1. The fourth-order valence-electron chi connectivity index (χ4n) is 3.68. The van der Waals surface area contributed by atoms with Gasteiger partial charge in [-0.05, 0) is 37.4 Å². The summed E-state index contributed by atoms with van der Waals surface area (Å²) < 4.78 is 0. The van der Waals surface area contributed by atoms with Crippen molar-refractivity contribution in [2.75, 3.05) is 11.5 Å². The van der Waals surface area contributed by atoms with Crippen molar-refractivity contribution in [3.8, 4) is 0 Å². The first-order valence-corrected chi connectivity index (χ1v) is 9.42. The van der Waals surface area contributed by atoms with E-state index in [-0.39, 0.29) is 11.9 Å². The van der Waals surface area contributed by atoms with E-state index in [4.69, 9.17) is 0 Å². The summed E-state index contributed by atoms with van der Waals surface area (Å²) in [7, 11) is 0. The van der Waals surface area contributed by atoms with E-state index in [2.05, 4.69) is 6.92 Å². The van der Waals surface area contributed by atoms with Gasteiger partial charge in [-0.3, -0.25) is 4.79 Å². The van der Waals surface area contributed by atoms with Crippen LogP contribution in [-0.4, -0.2) is 45.5 Å². The Labute approximate surface area is 131 Å². The minimum absolute atomic E-state index is 0.0563. The maximum Gasteiger partial charge on any atom is 0.326 e. The Hall–Kier alpha value is -0.710. The van der Waals surface area contributed by atoms with Crippen LogP contribution in [0.1, 0.15) is 58.3 Å². The predicted octanol–water partition coefficient (Wildman–Crippen LogP) is 3.15. The van der Waals surface area contributed by atoms with Gasteiger partial charge >= 0.3 is 5.97 Å². The third kappa shape index (κ3) is 4.15. The van der Waals surface area contributed by atoms with E-state index < -0.39 is 12.0 Å². The molecule has 1 saturated carbocycles. The van der Waals surface area contributed by atoms with Crippen LogP contribution in [0.5, 0.6) is 0 Å². The van der Waals surface area contributed by atoms with Crippen LogP contribution < -0.4 is 0 Å². The molecule has 120 valence electrons. The fraction of sp³-hybridized carbons (Fsp3) is 0.875. The molecule has 1 N–H and O–H groups in total. The lowest BCUT2D eigenvalue weighted by atomic mass is 9.84. The molecule has 0 aromatic carbocycles. The molecule has 0 radical (unpaired) electrons. The molecule has 1 amide bonds. The second-order valence-corrected chi connectivity index (χ2v) is 7.44. The first-order valence-electron chi connectivity index (χ1n) is 8.26. The van der Waals surface area contributed by atoms with E-state index in [1.54, 1.807) is 4.90 Å². The third-order valence-corrected chi connectivity index (χ3v) is 5.83. The summed E-state index contributed by atoms with van der Waals surface area (Å²) in [6.45, 7) is 2.16. The third-order valence-electron chi connectivity index (χ3n) is 4.76. The summed E-state index contributed by atoms with van der Waals surface area (Å²) in [5.41, 5.74) is 0. The Morgan fingerprint density at radius 3 is 2.71 bits per heavy atom. The molecule has 1 aliphatic carbocycles. The van der Waals surface area contributed by atoms with Gasteiger partial charge < -0.3 is 10.0 Å². The molecule has 5 heteroatoms. The number of rotatable bonds is 7. The number of amides is 1. The van der Waals surface area contributed by atoms with E-state index in [1.165, 1.54) is 19.3 Å². The molecule has 2 rings (SSSR count). The first kappa shape index (κ1) is 16.7. The fourth-order valence-corrected chi connectivity index (χ4v) is 4.69. The second-order valence-electron chi connectivity index (χ2n) is 6.22. The van der Waals surface area contributed by atoms with Gasteiger partial charge in [0.2, 0.25) is 5.91 Å². The molecule has 3 atom stereocenters. The summed E-state index contributed by atoms with van der Waals surface area (Å²) in [4.78, 5) is 25.7. The Balaban J connectivity index is 1.90. The van der Waals surface area contributed by atoms with Crippen molar-refractivity contribution in [3.63, 3.8) is 0 Å². The van der Waals surface area contributed by atoms with Crippen LogP contribution in [-0.2, 0) is 9.59 Å². The van der Waals surface area contributed by atoms with Crippen molar-refractivity contribution in [1.29, 1.82) is 0 Å². The number of carboxylic acid groups (broad SMARTS) is 1. The summed E-state index contributed by atoms with van der Waals surface area (Å²) in [5.74, 6) is 1.56. The van der Waals surface area contributed by atoms with Gasteiger partial charge in [0.25, 0.3) is 0 Å². The molecule has 0 spiro atoms. The van der Waals surface area contributed by atoms with Crippen LogP contribution in [0.25, 0.3) is 0 Å². The number of hydrogen-bond acceptors (Lipinski definition) is 3. The molecular formula is C16H27NO3S. The number of aliphatic carboxylic acids is 1. The molecule has 0 aromatic heterocycles. The lowest BCUT2D eigenvalue weighted by Gasteiger charge is -2.33. The average Bonchev–Trinajstić information content (AvgIpc) is 2.86. The number of carboxylic acids is 1. The van der Waals surface area contributed by atoms with Crippen molar-refractivity contribution in [1.82, 2.24) is 4.90 Å². The maximum absolute atomic E-state index is 12.5. The number of fused-ring (bicyclic) bond motifs is 1. The van der Waals surface area contributed by atoms with Gasteiger partial charge in [-0.15, -0.1) is 0 Å². The van der Waals surface area contributed by atoms with Gasteiger partial charge in [0.05, 0.1) is 0 Å². The lowest BCUT2D eigenvalue weighted by Crippen LogP contribution is -2.46. The molecule has 0 aromatic rings. The normalized spacial score (nSPS) is 28.4. The van der Waals surface area contributed by atoms with Crippen molar-refractivity contribution in [2.24, 2.45) is 5.92 Å². The number of unbranched alkanes of at least 4 members (excludes halogenated alkanes) is 1. The summed E-state index contributed by atoms with van der Waals surface area (Å²) in [6.07, 6.45) is 7.90. The van der Waals surface area contributed by atoms with Crippen LogP contribution in [0.15, 0.2) is 0 Å². The SMILES string of the molecule is CCCCSCCC(=O)N1C(C(=O)O)CC2CCCCC21. The quantitative estimate of drug-likeness (QED) is 0.734. The van der Waals surface area contributed by atoms with Crippen LogP contribution in [0.2, 0.25) is 0 Å². The molecule has 2 aliphatic rings. The van der Waals surface area contributed by atoms with Gasteiger partial charge in [-0.25, -0.2) is 4.79 Å². The largest absolute Gasteiger partial charge is 0.480 e. The number of thioether (sulfide) groups is 1. The maximum atomic E-state index is 12.5. The summed E-state index contributed by atoms with van der Waals surface area (Å²) >= 11 is 1.81. The first-order chi connectivity index (χ1) is 10.1. The highest BCUT2D eigenvalue weighted by Crippen LogP contribution is 2.40. The molecule has 1 heterocycles. The molecule has 2 fully saturated rings. The van der Waals surface area contributed by atoms with Crippen molar-refractivity contribution in [2.45, 2.75) is 70.4 Å². The molecule has 21 heavy (non-hydrogen) atoms. The van der Waals surface area contributed by atoms with E-state index in [0.717, 1.165) is 30.8 Å². The van der Waals surface area contributed by atoms with Crippen LogP contribution in [0.3, 0.4) is 0 Å². The van der Waals surface area contributed by atoms with E-state index in [1.807, 2.05) is 11.8 Å². The predicted molar refractivity (Wildman–Crippen MR) is 85.5 cm³/mol. The molecule has 0 bridgehead atoms. The number of nitrogens with zero attached hydrogens (tertiary/aromatic N) is 1. The van der Waals surface area contributed by atoms with Gasteiger partial charge in [0, 0.05) is 18.2 Å². The Kier molecular flexibility index (Phi) is 6.40. The highest BCUT2D eigenvalue weighted by atomic mass is 32.2. The molecule has 1 saturated heterocycles. The van der Waals surface area contributed by atoms with Gasteiger partial charge in [0.15, 0.2) is 0 Å². The van der Waals surface area contributed by atoms with Crippen LogP contribution in [0, 0.1) is 5.92 Å².